The number of hydrogen-bond acceptors (Lipinski definition) is 5. The van der Waals surface area contributed by atoms with Gasteiger partial charge in [-0.25, -0.2) is 13.1 Å². The Balaban J connectivity index is 2.96. The lowest BCUT2D eigenvalue weighted by atomic mass is 10.2. The van der Waals surface area contributed by atoms with E-state index in [1.807, 2.05) is 0 Å². The number of ether oxygens (including phenoxy) is 2. The number of hydrogen-bond donors (Lipinski definition) is 2. The summed E-state index contributed by atoms with van der Waals surface area (Å²) in [5, 5.41) is 2.74. The lowest BCUT2D eigenvalue weighted by molar-refractivity contribution is 0.0904. The Labute approximate surface area is 144 Å². The predicted molar refractivity (Wildman–Crippen MR) is 90.0 cm³/mol. The van der Waals surface area contributed by atoms with Crippen molar-refractivity contribution in [2.75, 3.05) is 34.0 Å². The second kappa shape index (κ2) is 9.33. The van der Waals surface area contributed by atoms with E-state index in [0.717, 1.165) is 0 Å². The number of rotatable bonds is 9. The predicted octanol–water partition coefficient (Wildman–Crippen LogP) is 1.14. The minimum Gasteiger partial charge on any atom is -0.383 e. The Morgan fingerprint density at radius 3 is 2.61 bits per heavy atom. The van der Waals surface area contributed by atoms with Gasteiger partial charge in [-0.1, -0.05) is 0 Å². The Morgan fingerprint density at radius 2 is 2.00 bits per heavy atom. The van der Waals surface area contributed by atoms with E-state index in [-0.39, 0.29) is 35.6 Å². The van der Waals surface area contributed by atoms with Crippen LogP contribution >= 0.6 is 15.9 Å². The van der Waals surface area contributed by atoms with Gasteiger partial charge in [-0.3, -0.25) is 4.79 Å². The van der Waals surface area contributed by atoms with Crippen LogP contribution in [0.2, 0.25) is 0 Å². The lowest BCUT2D eigenvalue weighted by Crippen LogP contribution is -2.36. The van der Waals surface area contributed by atoms with Crippen molar-refractivity contribution in [2.24, 2.45) is 0 Å². The number of halogens is 1. The van der Waals surface area contributed by atoms with Gasteiger partial charge in [-0.15, -0.1) is 0 Å². The standard InChI is InChI=1S/C14H21BrN2O5S/c1-10(9-22-3)17-14(18)12-8-11(4-5-13(12)15)23(19,20)16-6-7-21-2/h4-5,8,10,16H,6-7,9H2,1-3H3,(H,17,18). The molecule has 0 heterocycles. The van der Waals surface area contributed by atoms with Crippen molar-refractivity contribution in [1.29, 1.82) is 0 Å². The maximum absolute atomic E-state index is 12.3. The number of sulfonamides is 1. The molecule has 7 nitrogen and oxygen atoms in total. The van der Waals surface area contributed by atoms with Crippen LogP contribution in [0.5, 0.6) is 0 Å². The first-order valence-corrected chi connectivity index (χ1v) is 9.17. The monoisotopic (exact) mass is 408 g/mol. The van der Waals surface area contributed by atoms with Crippen molar-refractivity contribution in [3.63, 3.8) is 0 Å². The third-order valence-electron chi connectivity index (χ3n) is 2.89. The third kappa shape index (κ3) is 6.19. The van der Waals surface area contributed by atoms with Crippen LogP contribution in [0.25, 0.3) is 0 Å². The maximum Gasteiger partial charge on any atom is 0.252 e. The summed E-state index contributed by atoms with van der Waals surface area (Å²) in [5.74, 6) is -0.379. The van der Waals surface area contributed by atoms with Crippen LogP contribution in [-0.4, -0.2) is 54.3 Å². The summed E-state index contributed by atoms with van der Waals surface area (Å²) in [6.45, 7) is 2.57. The molecule has 0 fully saturated rings. The third-order valence-corrected chi connectivity index (χ3v) is 5.04. The lowest BCUT2D eigenvalue weighted by Gasteiger charge is -2.14. The number of methoxy groups -OCH3 is 2. The van der Waals surface area contributed by atoms with Gasteiger partial charge < -0.3 is 14.8 Å². The quantitative estimate of drug-likeness (QED) is 0.597. The van der Waals surface area contributed by atoms with E-state index in [2.05, 4.69) is 26.0 Å². The van der Waals surface area contributed by atoms with Crippen molar-refractivity contribution in [3.05, 3.63) is 28.2 Å². The first-order chi connectivity index (χ1) is 10.8. The molecule has 0 aliphatic heterocycles. The van der Waals surface area contributed by atoms with E-state index >= 15 is 0 Å². The highest BCUT2D eigenvalue weighted by atomic mass is 79.9. The minimum absolute atomic E-state index is 0.0151. The number of carbonyl (C=O) groups excluding carboxylic acids is 1. The van der Waals surface area contributed by atoms with Gasteiger partial charge >= 0.3 is 0 Å². The molecule has 0 aromatic heterocycles. The molecular weight excluding hydrogens is 388 g/mol. The average molecular weight is 409 g/mol. The van der Waals surface area contributed by atoms with Crippen molar-refractivity contribution >= 4 is 31.9 Å². The van der Waals surface area contributed by atoms with Gasteiger partial charge in [0.25, 0.3) is 5.91 Å². The normalized spacial score (nSPS) is 12.9. The highest BCUT2D eigenvalue weighted by molar-refractivity contribution is 9.10. The van der Waals surface area contributed by atoms with Crippen molar-refractivity contribution < 1.29 is 22.7 Å². The smallest absolute Gasteiger partial charge is 0.252 e. The van der Waals surface area contributed by atoms with Gasteiger partial charge in [0.2, 0.25) is 10.0 Å². The van der Waals surface area contributed by atoms with E-state index < -0.39 is 10.0 Å². The summed E-state index contributed by atoms with van der Waals surface area (Å²) in [6.07, 6.45) is 0. The number of benzene rings is 1. The zero-order chi connectivity index (χ0) is 17.5. The highest BCUT2D eigenvalue weighted by Crippen LogP contribution is 2.21. The Bertz CT molecular complexity index is 636. The second-order valence-corrected chi connectivity index (χ2v) is 7.48. The molecule has 1 aromatic carbocycles. The van der Waals surface area contributed by atoms with Gasteiger partial charge in [-0.05, 0) is 41.1 Å². The number of nitrogens with one attached hydrogen (secondary N) is 2. The molecule has 130 valence electrons. The summed E-state index contributed by atoms with van der Waals surface area (Å²) in [5.41, 5.74) is 0.238. The van der Waals surface area contributed by atoms with Crippen LogP contribution in [-0.2, 0) is 19.5 Å². The number of amides is 1. The molecule has 1 unspecified atom stereocenters. The molecule has 1 atom stereocenters. The molecule has 9 heteroatoms. The van der Waals surface area contributed by atoms with Gasteiger partial charge in [-0.2, -0.15) is 0 Å². The SMILES string of the molecule is COCCNS(=O)(=O)c1ccc(Br)c(C(=O)NC(C)COC)c1. The molecule has 1 rings (SSSR count). The first kappa shape index (κ1) is 20.0. The van der Waals surface area contributed by atoms with Crippen LogP contribution in [0, 0.1) is 0 Å². The molecule has 0 aliphatic carbocycles. The summed E-state index contributed by atoms with van der Waals surface area (Å²) >= 11 is 3.26. The molecule has 0 spiro atoms. The summed E-state index contributed by atoms with van der Waals surface area (Å²) in [6, 6.07) is 4.09. The van der Waals surface area contributed by atoms with Crippen LogP contribution in [0.4, 0.5) is 0 Å². The van der Waals surface area contributed by atoms with Crippen molar-refractivity contribution in [3.8, 4) is 0 Å². The van der Waals surface area contributed by atoms with Crippen LogP contribution in [0.3, 0.4) is 0 Å². The van der Waals surface area contributed by atoms with Gasteiger partial charge in [0, 0.05) is 31.3 Å². The fourth-order valence-corrected chi connectivity index (χ4v) is 3.27. The van der Waals surface area contributed by atoms with Crippen molar-refractivity contribution in [1.82, 2.24) is 10.0 Å². The zero-order valence-corrected chi connectivity index (χ0v) is 15.7. The Kier molecular flexibility index (Phi) is 8.13. The largest absolute Gasteiger partial charge is 0.383 e. The minimum atomic E-state index is -3.70. The van der Waals surface area contributed by atoms with E-state index in [9.17, 15) is 13.2 Å². The van der Waals surface area contributed by atoms with Gasteiger partial charge in [0.15, 0.2) is 0 Å². The summed E-state index contributed by atoms with van der Waals surface area (Å²) in [4.78, 5) is 12.3. The van der Waals surface area contributed by atoms with Crippen LogP contribution < -0.4 is 10.0 Å². The van der Waals surface area contributed by atoms with Gasteiger partial charge in [0.1, 0.15) is 0 Å². The second-order valence-electron chi connectivity index (χ2n) is 4.86. The molecule has 0 aliphatic rings. The maximum atomic E-state index is 12.3. The van der Waals surface area contributed by atoms with E-state index in [1.165, 1.54) is 32.4 Å². The fraction of sp³-hybridized carbons (Fsp3) is 0.500. The molecule has 0 radical (unpaired) electrons. The molecule has 0 bridgehead atoms. The zero-order valence-electron chi connectivity index (χ0n) is 13.3. The van der Waals surface area contributed by atoms with E-state index in [0.29, 0.717) is 11.1 Å². The van der Waals surface area contributed by atoms with Crippen molar-refractivity contribution in [2.45, 2.75) is 17.9 Å². The fourth-order valence-electron chi connectivity index (χ4n) is 1.80. The van der Waals surface area contributed by atoms with E-state index in [1.54, 1.807) is 6.92 Å². The molecule has 1 amide bonds. The van der Waals surface area contributed by atoms with Gasteiger partial charge in [0.05, 0.1) is 23.7 Å². The molecule has 2 N–H and O–H groups in total. The molecule has 23 heavy (non-hydrogen) atoms. The summed E-state index contributed by atoms with van der Waals surface area (Å²) < 4.78 is 37.1. The average Bonchev–Trinajstić information content (AvgIpc) is 2.47. The Hall–Kier alpha value is -1.00. The molecule has 0 saturated carbocycles. The molecule has 1 aromatic rings. The topological polar surface area (TPSA) is 93.7 Å². The van der Waals surface area contributed by atoms with Crippen LogP contribution in [0.15, 0.2) is 27.6 Å². The number of carbonyl (C=O) groups is 1. The molecular formula is C14H21BrN2O5S. The highest BCUT2D eigenvalue weighted by Gasteiger charge is 2.19. The van der Waals surface area contributed by atoms with E-state index in [4.69, 9.17) is 9.47 Å². The Morgan fingerprint density at radius 1 is 1.30 bits per heavy atom. The summed E-state index contributed by atoms with van der Waals surface area (Å²) in [7, 11) is -0.677. The molecule has 0 saturated heterocycles. The van der Waals surface area contributed by atoms with Crippen LogP contribution in [0.1, 0.15) is 17.3 Å². The first-order valence-electron chi connectivity index (χ1n) is 6.89.